The molecule has 0 amide bonds. The molecule has 0 spiro atoms. The van der Waals surface area contributed by atoms with Crippen LogP contribution in [0.4, 0.5) is 0 Å². The number of esters is 1. The average Bonchev–Trinajstić information content (AvgIpc) is 2.19. The van der Waals surface area contributed by atoms with E-state index in [1.807, 2.05) is 0 Å². The van der Waals surface area contributed by atoms with Gasteiger partial charge in [0.1, 0.15) is 6.61 Å². The normalized spacial score (nSPS) is 11.2. The second-order valence-electron chi connectivity index (χ2n) is 3.21. The van der Waals surface area contributed by atoms with Crippen molar-refractivity contribution >= 4 is 13.8 Å². The van der Waals surface area contributed by atoms with Crippen LogP contribution in [0.5, 0.6) is 0 Å². The van der Waals surface area contributed by atoms with E-state index >= 15 is 0 Å². The molecule has 0 aliphatic heterocycles. The van der Waals surface area contributed by atoms with Crippen LogP contribution in [0.2, 0.25) is 0 Å². The Morgan fingerprint density at radius 1 is 1.24 bits per heavy atom. The number of ether oxygens (including phenoxy) is 2. The molecule has 8 heteroatoms. The fraction of sp³-hybridized carbons (Fsp3) is 0.667. The van der Waals surface area contributed by atoms with Crippen LogP contribution in [0.1, 0.15) is 13.3 Å². The molecule has 7 nitrogen and oxygen atoms in total. The summed E-state index contributed by atoms with van der Waals surface area (Å²) in [6.45, 7) is 5.47. The first kappa shape index (κ1) is 16.3. The van der Waals surface area contributed by atoms with E-state index in [0.29, 0.717) is 12.0 Å². The molecule has 0 saturated heterocycles. The van der Waals surface area contributed by atoms with Gasteiger partial charge in [0.05, 0.1) is 13.2 Å². The number of hydrogen-bond donors (Lipinski definition) is 2. The lowest BCUT2D eigenvalue weighted by molar-refractivity contribution is -0.140. The number of hydrogen-bond acceptors (Lipinski definition) is 5. The van der Waals surface area contributed by atoms with Crippen molar-refractivity contribution in [2.75, 3.05) is 26.4 Å². The molecule has 0 heterocycles. The quantitative estimate of drug-likeness (QED) is 0.273. The van der Waals surface area contributed by atoms with Gasteiger partial charge in [-0.25, -0.2) is 9.36 Å². The maximum Gasteiger partial charge on any atom is 0.469 e. The fourth-order valence-corrected chi connectivity index (χ4v) is 1.13. The molecule has 0 unspecified atom stereocenters. The van der Waals surface area contributed by atoms with Crippen molar-refractivity contribution in [3.63, 3.8) is 0 Å². The van der Waals surface area contributed by atoms with Crippen LogP contribution in [-0.2, 0) is 23.4 Å². The highest BCUT2D eigenvalue weighted by Crippen LogP contribution is 2.35. The van der Waals surface area contributed by atoms with Crippen LogP contribution in [0.3, 0.4) is 0 Å². The van der Waals surface area contributed by atoms with E-state index in [1.165, 1.54) is 0 Å². The Balaban J connectivity index is 3.28. The van der Waals surface area contributed by atoms with Crippen molar-refractivity contribution in [3.05, 3.63) is 12.2 Å². The zero-order chi connectivity index (χ0) is 13.3. The Kier molecular flexibility index (Phi) is 8.03. The van der Waals surface area contributed by atoms with Crippen LogP contribution in [0, 0.1) is 0 Å². The third-order valence-corrected chi connectivity index (χ3v) is 2.02. The lowest BCUT2D eigenvalue weighted by Crippen LogP contribution is -2.11. The number of phosphoric acid groups is 1. The molecule has 0 aliphatic rings. The van der Waals surface area contributed by atoms with E-state index in [1.54, 1.807) is 6.92 Å². The molecule has 0 saturated carbocycles. The second kappa shape index (κ2) is 8.38. The molecular weight excluding hydrogens is 251 g/mol. The monoisotopic (exact) mass is 268 g/mol. The largest absolute Gasteiger partial charge is 0.469 e. The minimum absolute atomic E-state index is 0.0875. The molecular formula is C9H17O7P. The van der Waals surface area contributed by atoms with E-state index in [-0.39, 0.29) is 26.4 Å². The highest BCUT2D eigenvalue weighted by Gasteiger charge is 2.12. The van der Waals surface area contributed by atoms with Gasteiger partial charge < -0.3 is 19.3 Å². The molecule has 0 fully saturated rings. The van der Waals surface area contributed by atoms with Gasteiger partial charge in [0.2, 0.25) is 0 Å². The molecule has 100 valence electrons. The predicted octanol–water partition coefficient (Wildman–Crippen LogP) is 0.622. The first-order valence-corrected chi connectivity index (χ1v) is 6.46. The van der Waals surface area contributed by atoms with Gasteiger partial charge in [0, 0.05) is 12.2 Å². The minimum atomic E-state index is -4.39. The van der Waals surface area contributed by atoms with Crippen molar-refractivity contribution in [2.24, 2.45) is 0 Å². The van der Waals surface area contributed by atoms with Crippen LogP contribution in [0.15, 0.2) is 12.2 Å². The lowest BCUT2D eigenvalue weighted by Gasteiger charge is -2.06. The summed E-state index contributed by atoms with van der Waals surface area (Å²) in [6, 6.07) is 0. The summed E-state index contributed by atoms with van der Waals surface area (Å²) >= 11 is 0. The third kappa shape index (κ3) is 11.5. The third-order valence-electron chi connectivity index (χ3n) is 1.50. The van der Waals surface area contributed by atoms with Gasteiger partial charge in [0.25, 0.3) is 0 Å². The number of carbonyl (C=O) groups is 1. The molecule has 2 N–H and O–H groups in total. The molecule has 0 aromatic heterocycles. The van der Waals surface area contributed by atoms with E-state index in [0.717, 1.165) is 0 Å². The summed E-state index contributed by atoms with van der Waals surface area (Å²) in [5.41, 5.74) is 0.319. The molecule has 0 rings (SSSR count). The van der Waals surface area contributed by atoms with E-state index in [2.05, 4.69) is 11.1 Å². The zero-order valence-electron chi connectivity index (χ0n) is 9.63. The highest BCUT2D eigenvalue weighted by molar-refractivity contribution is 7.46. The van der Waals surface area contributed by atoms with Crippen molar-refractivity contribution in [1.82, 2.24) is 0 Å². The number of phosphoric ester groups is 1. The van der Waals surface area contributed by atoms with Gasteiger partial charge in [-0.15, -0.1) is 0 Å². The Morgan fingerprint density at radius 2 is 1.88 bits per heavy atom. The van der Waals surface area contributed by atoms with E-state index in [9.17, 15) is 9.36 Å². The predicted molar refractivity (Wildman–Crippen MR) is 59.2 cm³/mol. The van der Waals surface area contributed by atoms with Gasteiger partial charge in [-0.05, 0) is 13.3 Å². The topological polar surface area (TPSA) is 102 Å². The number of carbonyl (C=O) groups excluding carboxylic acids is 1. The first-order chi connectivity index (χ1) is 7.83. The van der Waals surface area contributed by atoms with Crippen LogP contribution in [-0.4, -0.2) is 42.2 Å². The first-order valence-electron chi connectivity index (χ1n) is 4.93. The van der Waals surface area contributed by atoms with E-state index < -0.39 is 13.8 Å². The molecule has 0 bridgehead atoms. The maximum absolute atomic E-state index is 10.9. The van der Waals surface area contributed by atoms with Crippen molar-refractivity contribution < 1.29 is 33.1 Å². The molecule has 0 radical (unpaired) electrons. The Bertz CT molecular complexity index is 296. The summed E-state index contributed by atoms with van der Waals surface area (Å²) in [6.07, 6.45) is 0.347. The zero-order valence-corrected chi connectivity index (χ0v) is 10.5. The summed E-state index contributed by atoms with van der Waals surface area (Å²) in [4.78, 5) is 27.6. The minimum Gasteiger partial charge on any atom is -0.460 e. The summed E-state index contributed by atoms with van der Waals surface area (Å²) in [5.74, 6) is -0.474. The van der Waals surface area contributed by atoms with Crippen LogP contribution < -0.4 is 0 Å². The van der Waals surface area contributed by atoms with Gasteiger partial charge >= 0.3 is 13.8 Å². The Morgan fingerprint density at radius 3 is 2.41 bits per heavy atom. The molecule has 0 aromatic carbocycles. The van der Waals surface area contributed by atoms with Gasteiger partial charge in [-0.2, -0.15) is 0 Å². The Hall–Kier alpha value is -0.720. The van der Waals surface area contributed by atoms with Gasteiger partial charge in [0.15, 0.2) is 0 Å². The molecule has 0 atom stereocenters. The summed E-state index contributed by atoms with van der Waals surface area (Å²) in [5, 5.41) is 0. The van der Waals surface area contributed by atoms with Crippen LogP contribution in [0.25, 0.3) is 0 Å². The van der Waals surface area contributed by atoms with E-state index in [4.69, 9.17) is 19.3 Å². The highest BCUT2D eigenvalue weighted by atomic mass is 31.2. The second-order valence-corrected chi connectivity index (χ2v) is 4.45. The maximum atomic E-state index is 10.9. The average molecular weight is 268 g/mol. The summed E-state index contributed by atoms with van der Waals surface area (Å²) < 4.78 is 24.2. The van der Waals surface area contributed by atoms with Gasteiger partial charge in [-0.1, -0.05) is 6.58 Å². The molecule has 17 heavy (non-hydrogen) atoms. The fourth-order valence-electron chi connectivity index (χ4n) is 0.763. The Labute approximate surface area is 99.6 Å². The molecule has 0 aliphatic carbocycles. The molecule has 0 aromatic rings. The van der Waals surface area contributed by atoms with Crippen molar-refractivity contribution in [2.45, 2.75) is 13.3 Å². The number of rotatable bonds is 9. The van der Waals surface area contributed by atoms with Crippen molar-refractivity contribution in [1.29, 1.82) is 0 Å². The SMILES string of the molecule is C=C(C)C(=O)OCCOCCCOP(=O)(O)O. The van der Waals surface area contributed by atoms with Gasteiger partial charge in [-0.3, -0.25) is 4.52 Å². The van der Waals surface area contributed by atoms with Crippen LogP contribution >= 0.6 is 7.82 Å². The standard InChI is InChI=1S/C9H17O7P/c1-8(2)9(10)15-7-6-14-4-3-5-16-17(11,12)13/h1,3-7H2,2H3,(H2,11,12,13). The smallest absolute Gasteiger partial charge is 0.460 e. The van der Waals surface area contributed by atoms with Crippen molar-refractivity contribution in [3.8, 4) is 0 Å². The lowest BCUT2D eigenvalue weighted by atomic mass is 10.4. The summed E-state index contributed by atoms with van der Waals surface area (Å²) in [7, 11) is -4.39.